The first-order valence-electron chi connectivity index (χ1n) is 8.07. The van der Waals surface area contributed by atoms with Crippen molar-refractivity contribution in [3.05, 3.63) is 54.1 Å². The molecule has 0 aliphatic heterocycles. The van der Waals surface area contributed by atoms with Gasteiger partial charge in [0.15, 0.2) is 5.65 Å². The van der Waals surface area contributed by atoms with E-state index < -0.39 is 0 Å². The Morgan fingerprint density at radius 1 is 0.920 bits per heavy atom. The number of benzene rings is 1. The predicted octanol–water partition coefficient (Wildman–Crippen LogP) is 3.31. The van der Waals surface area contributed by atoms with Crippen LogP contribution >= 0.6 is 0 Å². The highest BCUT2D eigenvalue weighted by atomic mass is 16.5. The fourth-order valence-corrected chi connectivity index (χ4v) is 2.84. The van der Waals surface area contributed by atoms with Gasteiger partial charge in [0.2, 0.25) is 0 Å². The molecule has 25 heavy (non-hydrogen) atoms. The van der Waals surface area contributed by atoms with Crippen LogP contribution in [0.3, 0.4) is 0 Å². The summed E-state index contributed by atoms with van der Waals surface area (Å²) in [6.07, 6.45) is 3.30. The van der Waals surface area contributed by atoms with Crippen LogP contribution in [0.2, 0.25) is 0 Å². The van der Waals surface area contributed by atoms with E-state index in [-0.39, 0.29) is 0 Å². The van der Waals surface area contributed by atoms with Crippen LogP contribution in [-0.4, -0.2) is 34.2 Å². The summed E-state index contributed by atoms with van der Waals surface area (Å²) in [5.74, 6) is 2.53. The molecule has 0 saturated carbocycles. The minimum absolute atomic E-state index is 0.728. The molecule has 6 heteroatoms. The Hall–Kier alpha value is -3.15. The number of imidazole rings is 1. The Morgan fingerprint density at radius 2 is 1.76 bits per heavy atom. The number of hydrogen-bond acceptors (Lipinski definition) is 5. The molecule has 0 aliphatic carbocycles. The van der Waals surface area contributed by atoms with E-state index in [2.05, 4.69) is 26.0 Å². The first-order chi connectivity index (χ1) is 12.2. The first kappa shape index (κ1) is 15.4. The third kappa shape index (κ3) is 3.10. The second-order valence-corrected chi connectivity index (χ2v) is 5.79. The molecule has 4 aromatic rings. The molecule has 0 fully saturated rings. The molecule has 1 N–H and O–H groups in total. The molecule has 0 spiro atoms. The number of H-pyrrole nitrogens is 1. The Morgan fingerprint density at radius 3 is 2.60 bits per heavy atom. The zero-order valence-electron chi connectivity index (χ0n) is 14.1. The molecule has 3 heterocycles. The largest absolute Gasteiger partial charge is 0.497 e. The average molecular weight is 334 g/mol. The lowest BCUT2D eigenvalue weighted by Gasteiger charge is -2.02. The van der Waals surface area contributed by atoms with Crippen LogP contribution in [0.1, 0.15) is 11.5 Å². The van der Waals surface area contributed by atoms with Crippen molar-refractivity contribution in [3.63, 3.8) is 0 Å². The van der Waals surface area contributed by atoms with Gasteiger partial charge in [0.05, 0.1) is 25.3 Å². The molecule has 0 saturated heterocycles. The Kier molecular flexibility index (Phi) is 3.93. The van der Waals surface area contributed by atoms with Crippen molar-refractivity contribution >= 4 is 22.1 Å². The number of aromatic amines is 1. The number of fused-ring (bicyclic) bond motifs is 2. The van der Waals surface area contributed by atoms with Crippen molar-refractivity contribution in [2.24, 2.45) is 0 Å². The van der Waals surface area contributed by atoms with Crippen LogP contribution in [-0.2, 0) is 12.8 Å². The van der Waals surface area contributed by atoms with E-state index in [0.29, 0.717) is 0 Å². The predicted molar refractivity (Wildman–Crippen MR) is 96.1 cm³/mol. The molecule has 3 aromatic heterocycles. The van der Waals surface area contributed by atoms with Crippen LogP contribution in [0.25, 0.3) is 22.1 Å². The van der Waals surface area contributed by atoms with Gasteiger partial charge in [-0.25, -0.2) is 9.97 Å². The summed E-state index contributed by atoms with van der Waals surface area (Å²) in [7, 11) is 3.32. The van der Waals surface area contributed by atoms with Gasteiger partial charge in [-0.1, -0.05) is 0 Å². The van der Waals surface area contributed by atoms with Gasteiger partial charge in [-0.15, -0.1) is 0 Å². The van der Waals surface area contributed by atoms with Crippen molar-refractivity contribution < 1.29 is 9.47 Å². The Bertz CT molecular complexity index is 1040. The molecule has 4 rings (SSSR count). The van der Waals surface area contributed by atoms with Gasteiger partial charge < -0.3 is 14.5 Å². The number of nitrogens with zero attached hydrogens (tertiary/aromatic N) is 3. The number of pyridine rings is 2. The summed E-state index contributed by atoms with van der Waals surface area (Å²) < 4.78 is 10.5. The molecule has 0 aliphatic rings. The second kappa shape index (κ2) is 6.39. The van der Waals surface area contributed by atoms with E-state index in [0.717, 1.165) is 57.9 Å². The van der Waals surface area contributed by atoms with Crippen LogP contribution in [0.15, 0.2) is 42.6 Å². The molecule has 6 nitrogen and oxygen atoms in total. The maximum absolute atomic E-state index is 5.28. The van der Waals surface area contributed by atoms with Gasteiger partial charge in [-0.2, -0.15) is 0 Å². The van der Waals surface area contributed by atoms with Gasteiger partial charge in [0.25, 0.3) is 0 Å². The minimum Gasteiger partial charge on any atom is -0.497 e. The summed E-state index contributed by atoms with van der Waals surface area (Å²) in [6, 6.07) is 11.7. The highest BCUT2D eigenvalue weighted by Crippen LogP contribution is 2.23. The maximum Gasteiger partial charge on any atom is 0.178 e. The van der Waals surface area contributed by atoms with Crippen molar-refractivity contribution in [1.82, 2.24) is 19.9 Å². The van der Waals surface area contributed by atoms with E-state index in [1.54, 1.807) is 20.4 Å². The highest BCUT2D eigenvalue weighted by Gasteiger charge is 2.08. The van der Waals surface area contributed by atoms with Crippen LogP contribution in [0.5, 0.6) is 11.5 Å². The molecule has 0 bridgehead atoms. The summed E-state index contributed by atoms with van der Waals surface area (Å²) in [5.41, 5.74) is 3.53. The number of ether oxygens (including phenoxy) is 2. The van der Waals surface area contributed by atoms with Crippen LogP contribution in [0.4, 0.5) is 0 Å². The third-order valence-corrected chi connectivity index (χ3v) is 4.16. The highest BCUT2D eigenvalue weighted by molar-refractivity contribution is 5.90. The molecule has 0 radical (unpaired) electrons. The standard InChI is InChI=1S/C19H18N4O2/c1-24-14-4-5-16-12(9-14)10-17-19(22-16)23-18(21-17)6-3-13-11-15(25-2)7-8-20-13/h4-5,7-11H,3,6H2,1-2H3,(H,21,22,23). The fourth-order valence-electron chi connectivity index (χ4n) is 2.84. The van der Waals surface area contributed by atoms with Gasteiger partial charge in [-0.3, -0.25) is 4.98 Å². The van der Waals surface area contributed by atoms with E-state index in [1.807, 2.05) is 30.3 Å². The van der Waals surface area contributed by atoms with E-state index >= 15 is 0 Å². The number of aryl methyl sites for hydroxylation is 2. The third-order valence-electron chi connectivity index (χ3n) is 4.16. The number of rotatable bonds is 5. The molecule has 0 unspecified atom stereocenters. The summed E-state index contributed by atoms with van der Waals surface area (Å²) >= 11 is 0. The lowest BCUT2D eigenvalue weighted by molar-refractivity contribution is 0.413. The van der Waals surface area contributed by atoms with Crippen LogP contribution < -0.4 is 9.47 Å². The second-order valence-electron chi connectivity index (χ2n) is 5.79. The van der Waals surface area contributed by atoms with Crippen molar-refractivity contribution in [2.75, 3.05) is 14.2 Å². The monoisotopic (exact) mass is 334 g/mol. The Balaban J connectivity index is 1.60. The number of methoxy groups -OCH3 is 2. The van der Waals surface area contributed by atoms with Gasteiger partial charge in [-0.05, 0) is 36.8 Å². The molecule has 0 amide bonds. The summed E-state index contributed by atoms with van der Waals surface area (Å²) in [5, 5.41) is 1.02. The lowest BCUT2D eigenvalue weighted by Crippen LogP contribution is -1.96. The quantitative estimate of drug-likeness (QED) is 0.606. The lowest BCUT2D eigenvalue weighted by atomic mass is 10.2. The Labute approximate surface area is 144 Å². The zero-order chi connectivity index (χ0) is 17.2. The average Bonchev–Trinajstić information content (AvgIpc) is 3.05. The van der Waals surface area contributed by atoms with Crippen molar-refractivity contribution in [2.45, 2.75) is 12.8 Å². The van der Waals surface area contributed by atoms with Crippen LogP contribution in [0, 0.1) is 0 Å². The molecular formula is C19H18N4O2. The SMILES string of the molecule is COc1ccnc(CCc2nc3nc4ccc(OC)cc4cc3[nH]2)c1. The molecule has 0 atom stereocenters. The smallest absolute Gasteiger partial charge is 0.178 e. The number of aromatic nitrogens is 4. The normalized spacial score (nSPS) is 11.1. The summed E-state index contributed by atoms with van der Waals surface area (Å²) in [6.45, 7) is 0. The van der Waals surface area contributed by atoms with E-state index in [9.17, 15) is 0 Å². The minimum atomic E-state index is 0.728. The van der Waals surface area contributed by atoms with Crippen molar-refractivity contribution in [1.29, 1.82) is 0 Å². The molecule has 126 valence electrons. The fraction of sp³-hybridized carbons (Fsp3) is 0.211. The zero-order valence-corrected chi connectivity index (χ0v) is 14.1. The van der Waals surface area contributed by atoms with Gasteiger partial charge in [0, 0.05) is 29.8 Å². The van der Waals surface area contributed by atoms with Gasteiger partial charge >= 0.3 is 0 Å². The van der Waals surface area contributed by atoms with E-state index in [4.69, 9.17) is 9.47 Å². The number of nitrogens with one attached hydrogen (secondary N) is 1. The topological polar surface area (TPSA) is 72.9 Å². The maximum atomic E-state index is 5.28. The van der Waals surface area contributed by atoms with Gasteiger partial charge in [0.1, 0.15) is 17.3 Å². The first-order valence-corrected chi connectivity index (χ1v) is 8.07. The summed E-state index contributed by atoms with van der Waals surface area (Å²) in [4.78, 5) is 16.9. The number of hydrogen-bond donors (Lipinski definition) is 1. The van der Waals surface area contributed by atoms with Crippen molar-refractivity contribution in [3.8, 4) is 11.5 Å². The van der Waals surface area contributed by atoms with E-state index in [1.165, 1.54) is 0 Å². The molecule has 1 aromatic carbocycles. The molecular weight excluding hydrogens is 316 g/mol.